The lowest BCUT2D eigenvalue weighted by atomic mass is 10.2. The Kier molecular flexibility index (Phi) is 6.89. The molecule has 0 spiro atoms. The molecule has 1 amide bonds. The van der Waals surface area contributed by atoms with E-state index in [0.717, 1.165) is 22.6 Å². The van der Waals surface area contributed by atoms with Crippen LogP contribution in [0.2, 0.25) is 0 Å². The summed E-state index contributed by atoms with van der Waals surface area (Å²) in [5, 5.41) is 18.2. The van der Waals surface area contributed by atoms with E-state index in [0.29, 0.717) is 17.1 Å². The summed E-state index contributed by atoms with van der Waals surface area (Å²) in [6, 6.07) is 11.1. The van der Waals surface area contributed by atoms with Crippen LogP contribution in [0.25, 0.3) is 0 Å². The topological polar surface area (TPSA) is 121 Å². The van der Waals surface area contributed by atoms with Crippen LogP contribution in [-0.2, 0) is 17.9 Å². The van der Waals surface area contributed by atoms with Gasteiger partial charge >= 0.3 is 5.69 Å². The molecular weight excluding hydrogens is 409 g/mol. The van der Waals surface area contributed by atoms with Crippen molar-refractivity contribution in [1.29, 1.82) is 0 Å². The van der Waals surface area contributed by atoms with Crippen molar-refractivity contribution in [1.82, 2.24) is 15.2 Å². The highest BCUT2D eigenvalue weighted by Crippen LogP contribution is 2.28. The van der Waals surface area contributed by atoms with Crippen LogP contribution in [0.3, 0.4) is 0 Å². The normalized spacial score (nSPS) is 10.8. The number of nitro groups is 1. The Balaban J connectivity index is 1.55. The zero-order valence-corrected chi connectivity index (χ0v) is 16.4. The Bertz CT molecular complexity index is 1100. The maximum atomic E-state index is 13.0. The predicted molar refractivity (Wildman–Crippen MR) is 108 cm³/mol. The van der Waals surface area contributed by atoms with Crippen molar-refractivity contribution < 1.29 is 23.6 Å². The number of amides is 1. The molecule has 3 aromatic rings. The summed E-state index contributed by atoms with van der Waals surface area (Å²) in [4.78, 5) is 21.9. The van der Waals surface area contributed by atoms with Crippen molar-refractivity contribution in [3.05, 3.63) is 81.9 Å². The van der Waals surface area contributed by atoms with Gasteiger partial charge in [-0.05, 0) is 41.5 Å². The van der Waals surface area contributed by atoms with Crippen LogP contribution in [-0.4, -0.2) is 33.9 Å². The summed E-state index contributed by atoms with van der Waals surface area (Å²) >= 11 is 0. The highest BCUT2D eigenvalue weighted by Gasteiger charge is 2.11. The Morgan fingerprint density at radius 1 is 1.29 bits per heavy atom. The number of hydrazone groups is 1. The van der Waals surface area contributed by atoms with Crippen molar-refractivity contribution in [3.63, 3.8) is 0 Å². The molecule has 0 aliphatic heterocycles. The van der Waals surface area contributed by atoms with E-state index in [1.165, 1.54) is 25.5 Å². The van der Waals surface area contributed by atoms with Gasteiger partial charge in [-0.1, -0.05) is 12.1 Å². The first-order valence-electron chi connectivity index (χ1n) is 8.98. The van der Waals surface area contributed by atoms with E-state index in [1.807, 2.05) is 0 Å². The number of hydrogen-bond acceptors (Lipinski definition) is 7. The fraction of sp³-hybridized carbons (Fsp3) is 0.150. The first-order chi connectivity index (χ1) is 14.9. The molecule has 3 rings (SSSR count). The van der Waals surface area contributed by atoms with E-state index in [1.54, 1.807) is 30.3 Å². The number of aromatic nitrogens is 2. The van der Waals surface area contributed by atoms with Crippen molar-refractivity contribution >= 4 is 17.8 Å². The molecule has 31 heavy (non-hydrogen) atoms. The van der Waals surface area contributed by atoms with Crippen LogP contribution in [0.1, 0.15) is 11.1 Å². The number of carbonyl (C=O) groups is 1. The van der Waals surface area contributed by atoms with Gasteiger partial charge < -0.3 is 9.47 Å². The third kappa shape index (κ3) is 6.10. The molecular formula is C20H18FN5O5. The smallest absolute Gasteiger partial charge is 0.307 e. The standard InChI is InChI=1S/C20H18FN5O5/c1-30-19-8-15(4-7-18(19)31-13-14-2-5-16(21)6-3-14)9-22-24-20(27)12-25-11-17(10-23-25)26(28)29/h2-11H,12-13H2,1H3,(H,24,27). The minimum absolute atomic E-state index is 0.204. The van der Waals surface area contributed by atoms with Crippen LogP contribution in [0.15, 0.2) is 60.0 Å². The van der Waals surface area contributed by atoms with Gasteiger partial charge in [0.25, 0.3) is 5.91 Å². The first kappa shape index (κ1) is 21.4. The largest absolute Gasteiger partial charge is 0.493 e. The Morgan fingerprint density at radius 2 is 2.06 bits per heavy atom. The molecule has 10 nitrogen and oxygen atoms in total. The zero-order chi connectivity index (χ0) is 22.2. The number of ether oxygens (including phenoxy) is 2. The van der Waals surface area contributed by atoms with Crippen LogP contribution < -0.4 is 14.9 Å². The zero-order valence-electron chi connectivity index (χ0n) is 16.4. The van der Waals surface area contributed by atoms with Gasteiger partial charge in [-0.15, -0.1) is 0 Å². The average molecular weight is 427 g/mol. The van der Waals surface area contributed by atoms with Crippen molar-refractivity contribution in [2.45, 2.75) is 13.2 Å². The lowest BCUT2D eigenvalue weighted by Gasteiger charge is -2.11. The summed E-state index contributed by atoms with van der Waals surface area (Å²) in [6.07, 6.45) is 3.62. The lowest BCUT2D eigenvalue weighted by Crippen LogP contribution is -2.23. The fourth-order valence-electron chi connectivity index (χ4n) is 2.52. The molecule has 0 aliphatic carbocycles. The number of hydrogen-bond donors (Lipinski definition) is 1. The van der Waals surface area contributed by atoms with Gasteiger partial charge in [-0.2, -0.15) is 10.2 Å². The molecule has 0 saturated heterocycles. The molecule has 0 aliphatic rings. The van der Waals surface area contributed by atoms with Gasteiger partial charge in [0, 0.05) is 0 Å². The molecule has 0 saturated carbocycles. The maximum absolute atomic E-state index is 13.0. The number of nitrogens with one attached hydrogen (secondary N) is 1. The molecule has 1 aromatic heterocycles. The first-order valence-corrected chi connectivity index (χ1v) is 8.98. The second-order valence-corrected chi connectivity index (χ2v) is 6.27. The van der Waals surface area contributed by atoms with Crippen molar-refractivity contribution in [2.75, 3.05) is 7.11 Å². The van der Waals surface area contributed by atoms with Crippen LogP contribution in [0.4, 0.5) is 10.1 Å². The quantitative estimate of drug-likeness (QED) is 0.318. The van der Waals surface area contributed by atoms with Crippen LogP contribution >= 0.6 is 0 Å². The lowest BCUT2D eigenvalue weighted by molar-refractivity contribution is -0.385. The summed E-state index contributed by atoms with van der Waals surface area (Å²) in [7, 11) is 1.49. The summed E-state index contributed by atoms with van der Waals surface area (Å²) in [6.45, 7) is 0.0242. The van der Waals surface area contributed by atoms with Gasteiger partial charge in [0.2, 0.25) is 0 Å². The minimum atomic E-state index is -0.597. The van der Waals surface area contributed by atoms with Crippen molar-refractivity contribution in [2.24, 2.45) is 5.10 Å². The number of methoxy groups -OCH3 is 1. The second kappa shape index (κ2) is 9.96. The highest BCUT2D eigenvalue weighted by molar-refractivity contribution is 5.83. The van der Waals surface area contributed by atoms with E-state index >= 15 is 0 Å². The van der Waals surface area contributed by atoms with Gasteiger partial charge in [-0.3, -0.25) is 19.6 Å². The highest BCUT2D eigenvalue weighted by atomic mass is 19.1. The van der Waals surface area contributed by atoms with E-state index in [4.69, 9.17) is 9.47 Å². The number of carbonyl (C=O) groups excluding carboxylic acids is 1. The number of rotatable bonds is 9. The predicted octanol–water partition coefficient (Wildman–Crippen LogP) is 2.67. The molecule has 1 heterocycles. The molecule has 0 atom stereocenters. The van der Waals surface area contributed by atoms with Gasteiger partial charge in [0.05, 0.1) is 18.2 Å². The Morgan fingerprint density at radius 3 is 2.74 bits per heavy atom. The SMILES string of the molecule is COc1cc(C=NNC(=O)Cn2cc([N+](=O)[O-])cn2)ccc1OCc1ccc(F)cc1. The average Bonchev–Trinajstić information content (AvgIpc) is 3.22. The maximum Gasteiger partial charge on any atom is 0.307 e. The summed E-state index contributed by atoms with van der Waals surface area (Å²) in [5.74, 6) is 0.137. The van der Waals surface area contributed by atoms with E-state index in [2.05, 4.69) is 15.6 Å². The van der Waals surface area contributed by atoms with Crippen molar-refractivity contribution in [3.8, 4) is 11.5 Å². The Labute approximate surface area is 176 Å². The summed E-state index contributed by atoms with van der Waals surface area (Å²) < 4.78 is 25.2. The minimum Gasteiger partial charge on any atom is -0.493 e. The Hall–Kier alpha value is -4.28. The molecule has 0 bridgehead atoms. The molecule has 2 aromatic carbocycles. The van der Waals surface area contributed by atoms with Gasteiger partial charge in [0.1, 0.15) is 31.4 Å². The van der Waals surface area contributed by atoms with E-state index < -0.39 is 10.8 Å². The fourth-order valence-corrected chi connectivity index (χ4v) is 2.52. The summed E-state index contributed by atoms with van der Waals surface area (Å²) in [5.41, 5.74) is 3.56. The molecule has 0 radical (unpaired) electrons. The van der Waals surface area contributed by atoms with Gasteiger partial charge in [0.15, 0.2) is 11.5 Å². The molecule has 160 valence electrons. The second-order valence-electron chi connectivity index (χ2n) is 6.27. The van der Waals surface area contributed by atoms with E-state index in [-0.39, 0.29) is 24.7 Å². The monoisotopic (exact) mass is 427 g/mol. The molecule has 11 heteroatoms. The van der Waals surface area contributed by atoms with Crippen LogP contribution in [0.5, 0.6) is 11.5 Å². The van der Waals surface area contributed by atoms with Crippen LogP contribution in [0, 0.1) is 15.9 Å². The third-order valence-corrected chi connectivity index (χ3v) is 4.03. The third-order valence-electron chi connectivity index (χ3n) is 4.03. The van der Waals surface area contributed by atoms with E-state index in [9.17, 15) is 19.3 Å². The molecule has 0 unspecified atom stereocenters. The number of nitrogens with zero attached hydrogens (tertiary/aromatic N) is 4. The molecule has 1 N–H and O–H groups in total. The van der Waals surface area contributed by atoms with Gasteiger partial charge in [-0.25, -0.2) is 9.82 Å². The number of halogens is 1. The molecule has 0 fully saturated rings. The number of benzene rings is 2.